The Morgan fingerprint density at radius 2 is 2.29 bits per heavy atom. The Morgan fingerprint density at radius 1 is 1.53 bits per heavy atom. The van der Waals surface area contributed by atoms with E-state index in [0.717, 1.165) is 29.0 Å². The molecule has 0 bridgehead atoms. The summed E-state index contributed by atoms with van der Waals surface area (Å²) in [5.41, 5.74) is 0.758. The molecule has 0 aromatic heterocycles. The first-order chi connectivity index (χ1) is 8.17. The second kappa shape index (κ2) is 5.51. The van der Waals surface area contributed by atoms with Crippen LogP contribution < -0.4 is 15.4 Å². The number of amides is 1. The number of carbonyl (C=O) groups is 1. The van der Waals surface area contributed by atoms with Crippen LogP contribution in [0.1, 0.15) is 6.42 Å². The van der Waals surface area contributed by atoms with E-state index in [4.69, 9.17) is 4.74 Å². The SMILES string of the molecule is COc1cc(Br)cc(NC(=O)CC2CNC2)c1. The Hall–Kier alpha value is -1.07. The van der Waals surface area contributed by atoms with Crippen molar-refractivity contribution >= 4 is 27.5 Å². The molecule has 1 aliphatic heterocycles. The van der Waals surface area contributed by atoms with Crippen molar-refractivity contribution in [3.8, 4) is 5.75 Å². The van der Waals surface area contributed by atoms with Crippen molar-refractivity contribution in [2.24, 2.45) is 5.92 Å². The highest BCUT2D eigenvalue weighted by Gasteiger charge is 2.20. The van der Waals surface area contributed by atoms with Crippen molar-refractivity contribution in [1.29, 1.82) is 0 Å². The van der Waals surface area contributed by atoms with Crippen molar-refractivity contribution in [2.45, 2.75) is 6.42 Å². The lowest BCUT2D eigenvalue weighted by Crippen LogP contribution is -2.43. The van der Waals surface area contributed by atoms with Gasteiger partial charge in [-0.1, -0.05) is 15.9 Å². The summed E-state index contributed by atoms with van der Waals surface area (Å²) < 4.78 is 6.03. The molecule has 2 rings (SSSR count). The summed E-state index contributed by atoms with van der Waals surface area (Å²) in [6.07, 6.45) is 0.571. The quantitative estimate of drug-likeness (QED) is 0.894. The van der Waals surface area contributed by atoms with Gasteiger partial charge < -0.3 is 15.4 Å². The Labute approximate surface area is 109 Å². The minimum absolute atomic E-state index is 0.0525. The Balaban J connectivity index is 1.96. The molecule has 1 aromatic rings. The van der Waals surface area contributed by atoms with Gasteiger partial charge >= 0.3 is 0 Å². The van der Waals surface area contributed by atoms with E-state index in [1.165, 1.54) is 0 Å². The highest BCUT2D eigenvalue weighted by atomic mass is 79.9. The first kappa shape index (κ1) is 12.4. The summed E-state index contributed by atoms with van der Waals surface area (Å²) in [5, 5.41) is 6.03. The molecule has 1 heterocycles. The summed E-state index contributed by atoms with van der Waals surface area (Å²) in [7, 11) is 1.60. The highest BCUT2D eigenvalue weighted by molar-refractivity contribution is 9.10. The van der Waals surface area contributed by atoms with E-state index in [-0.39, 0.29) is 5.91 Å². The fraction of sp³-hybridized carbons (Fsp3) is 0.417. The van der Waals surface area contributed by atoms with E-state index in [9.17, 15) is 4.79 Å². The molecule has 0 spiro atoms. The maximum absolute atomic E-state index is 11.7. The lowest BCUT2D eigenvalue weighted by atomic mass is 9.99. The van der Waals surface area contributed by atoms with E-state index in [1.807, 2.05) is 18.2 Å². The van der Waals surface area contributed by atoms with Gasteiger partial charge in [0.05, 0.1) is 7.11 Å². The van der Waals surface area contributed by atoms with E-state index < -0.39 is 0 Å². The zero-order chi connectivity index (χ0) is 12.3. The number of benzene rings is 1. The van der Waals surface area contributed by atoms with Crippen LogP contribution in [-0.4, -0.2) is 26.1 Å². The zero-order valence-corrected chi connectivity index (χ0v) is 11.2. The molecule has 5 heteroatoms. The third kappa shape index (κ3) is 3.44. The summed E-state index contributed by atoms with van der Waals surface area (Å²) >= 11 is 3.38. The summed E-state index contributed by atoms with van der Waals surface area (Å²) in [6.45, 7) is 1.88. The largest absolute Gasteiger partial charge is 0.497 e. The molecule has 2 N–H and O–H groups in total. The Kier molecular flexibility index (Phi) is 4.02. The fourth-order valence-electron chi connectivity index (χ4n) is 1.72. The third-order valence-electron chi connectivity index (χ3n) is 2.73. The summed E-state index contributed by atoms with van der Waals surface area (Å²) in [4.78, 5) is 11.7. The number of halogens is 1. The van der Waals surface area contributed by atoms with Gasteiger partial charge in [0.25, 0.3) is 0 Å². The van der Waals surface area contributed by atoms with Crippen LogP contribution >= 0.6 is 15.9 Å². The molecular weight excluding hydrogens is 284 g/mol. The molecule has 92 valence electrons. The fourth-order valence-corrected chi connectivity index (χ4v) is 2.19. The average Bonchev–Trinajstić information content (AvgIpc) is 2.22. The lowest BCUT2D eigenvalue weighted by molar-refractivity contribution is -0.117. The van der Waals surface area contributed by atoms with Gasteiger partial charge in [0, 0.05) is 22.6 Å². The predicted octanol–water partition coefficient (Wildman–Crippen LogP) is 2.01. The molecule has 1 amide bonds. The van der Waals surface area contributed by atoms with Crippen LogP contribution in [0.15, 0.2) is 22.7 Å². The van der Waals surface area contributed by atoms with Crippen molar-refractivity contribution < 1.29 is 9.53 Å². The molecule has 1 saturated heterocycles. The van der Waals surface area contributed by atoms with Gasteiger partial charge in [-0.05, 0) is 31.1 Å². The van der Waals surface area contributed by atoms with E-state index in [2.05, 4.69) is 26.6 Å². The molecule has 1 aromatic carbocycles. The number of ether oxygens (including phenoxy) is 1. The highest BCUT2D eigenvalue weighted by Crippen LogP contribution is 2.24. The first-order valence-corrected chi connectivity index (χ1v) is 6.32. The smallest absolute Gasteiger partial charge is 0.224 e. The molecule has 0 aliphatic carbocycles. The van der Waals surface area contributed by atoms with Crippen molar-refractivity contribution in [1.82, 2.24) is 5.32 Å². The maximum Gasteiger partial charge on any atom is 0.224 e. The average molecular weight is 299 g/mol. The molecule has 1 fully saturated rings. The predicted molar refractivity (Wildman–Crippen MR) is 70.3 cm³/mol. The maximum atomic E-state index is 11.7. The third-order valence-corrected chi connectivity index (χ3v) is 3.19. The number of rotatable bonds is 4. The molecule has 0 radical (unpaired) electrons. The van der Waals surface area contributed by atoms with Gasteiger partial charge in [-0.25, -0.2) is 0 Å². The number of hydrogen-bond donors (Lipinski definition) is 2. The number of carbonyl (C=O) groups excluding carboxylic acids is 1. The standard InChI is InChI=1S/C12H15BrN2O2/c1-17-11-4-9(13)3-10(5-11)15-12(16)2-8-6-14-7-8/h3-5,8,14H,2,6-7H2,1H3,(H,15,16). The Bertz CT molecular complexity index is 419. The molecule has 0 unspecified atom stereocenters. The van der Waals surface area contributed by atoms with Crippen LogP contribution in [0.25, 0.3) is 0 Å². The zero-order valence-electron chi connectivity index (χ0n) is 9.63. The van der Waals surface area contributed by atoms with Crippen LogP contribution in [0, 0.1) is 5.92 Å². The molecule has 0 atom stereocenters. The van der Waals surface area contributed by atoms with Crippen LogP contribution in [-0.2, 0) is 4.79 Å². The van der Waals surface area contributed by atoms with Gasteiger partial charge in [0.2, 0.25) is 5.91 Å². The van der Waals surface area contributed by atoms with Crippen LogP contribution in [0.5, 0.6) is 5.75 Å². The second-order valence-electron chi connectivity index (χ2n) is 4.16. The normalized spacial score (nSPS) is 15.2. The van der Waals surface area contributed by atoms with Crippen molar-refractivity contribution in [2.75, 3.05) is 25.5 Å². The van der Waals surface area contributed by atoms with Gasteiger partial charge in [-0.15, -0.1) is 0 Å². The minimum Gasteiger partial charge on any atom is -0.497 e. The van der Waals surface area contributed by atoms with Crippen molar-refractivity contribution in [3.05, 3.63) is 22.7 Å². The topological polar surface area (TPSA) is 50.4 Å². The first-order valence-electron chi connectivity index (χ1n) is 5.52. The number of hydrogen-bond acceptors (Lipinski definition) is 3. The van der Waals surface area contributed by atoms with Crippen LogP contribution in [0.3, 0.4) is 0 Å². The lowest BCUT2D eigenvalue weighted by Gasteiger charge is -2.26. The van der Waals surface area contributed by atoms with Crippen LogP contribution in [0.4, 0.5) is 5.69 Å². The molecule has 4 nitrogen and oxygen atoms in total. The number of nitrogens with one attached hydrogen (secondary N) is 2. The van der Waals surface area contributed by atoms with Gasteiger partial charge in [0.1, 0.15) is 5.75 Å². The molecule has 1 aliphatic rings. The monoisotopic (exact) mass is 298 g/mol. The van der Waals surface area contributed by atoms with Gasteiger partial charge in [-0.3, -0.25) is 4.79 Å². The van der Waals surface area contributed by atoms with E-state index in [1.54, 1.807) is 7.11 Å². The number of anilines is 1. The van der Waals surface area contributed by atoms with Gasteiger partial charge in [-0.2, -0.15) is 0 Å². The molecule has 17 heavy (non-hydrogen) atoms. The molecule has 0 saturated carbocycles. The summed E-state index contributed by atoms with van der Waals surface area (Å²) in [6, 6.07) is 5.52. The second-order valence-corrected chi connectivity index (χ2v) is 5.07. The van der Waals surface area contributed by atoms with Crippen molar-refractivity contribution in [3.63, 3.8) is 0 Å². The Morgan fingerprint density at radius 3 is 2.88 bits per heavy atom. The minimum atomic E-state index is 0.0525. The number of methoxy groups -OCH3 is 1. The van der Waals surface area contributed by atoms with Gasteiger partial charge in [0.15, 0.2) is 0 Å². The van der Waals surface area contributed by atoms with Crippen LogP contribution in [0.2, 0.25) is 0 Å². The van der Waals surface area contributed by atoms with E-state index >= 15 is 0 Å². The molecular formula is C12H15BrN2O2. The van der Waals surface area contributed by atoms with E-state index in [0.29, 0.717) is 12.3 Å². The summed E-state index contributed by atoms with van der Waals surface area (Å²) in [5.74, 6) is 1.25.